The third-order valence-corrected chi connectivity index (χ3v) is 2.42. The highest BCUT2D eigenvalue weighted by Gasteiger charge is 2.25. The summed E-state index contributed by atoms with van der Waals surface area (Å²) in [4.78, 5) is 29.9. The van der Waals surface area contributed by atoms with E-state index in [-0.39, 0.29) is 29.3 Å². The van der Waals surface area contributed by atoms with Gasteiger partial charge in [-0.3, -0.25) is 14.9 Å². The number of carbonyl (C=O) groups is 1. The minimum atomic E-state index is -0.657. The van der Waals surface area contributed by atoms with Gasteiger partial charge in [0.15, 0.2) is 0 Å². The standard InChI is InChI=1S/C11H18N6O3/c1-6(2)15-11(18)7(3)16-10-8(17(19)20)9(12-4)13-5-14-10/h5-7H,1-4H3,(H,15,18)(H2,12,13,14,16). The number of hydrogen-bond donors (Lipinski definition) is 3. The molecule has 0 aliphatic rings. The predicted molar refractivity (Wildman–Crippen MR) is 74.6 cm³/mol. The van der Waals surface area contributed by atoms with E-state index in [1.807, 2.05) is 13.8 Å². The predicted octanol–water partition coefficient (Wildman–Crippen LogP) is 0.751. The fourth-order valence-corrected chi connectivity index (χ4v) is 1.52. The normalized spacial score (nSPS) is 11.8. The van der Waals surface area contributed by atoms with Crippen LogP contribution in [0.15, 0.2) is 6.33 Å². The van der Waals surface area contributed by atoms with E-state index in [0.717, 1.165) is 0 Å². The molecule has 1 aromatic rings. The molecule has 3 N–H and O–H groups in total. The summed E-state index contributed by atoms with van der Waals surface area (Å²) in [5, 5.41) is 19.1. The molecule has 20 heavy (non-hydrogen) atoms. The topological polar surface area (TPSA) is 122 Å². The minimum Gasteiger partial charge on any atom is -0.367 e. The van der Waals surface area contributed by atoms with Crippen LogP contribution in [0.5, 0.6) is 0 Å². The summed E-state index contributed by atoms with van der Waals surface area (Å²) >= 11 is 0. The highest BCUT2D eigenvalue weighted by atomic mass is 16.6. The number of rotatable bonds is 6. The van der Waals surface area contributed by atoms with Crippen molar-refractivity contribution in [1.29, 1.82) is 0 Å². The number of anilines is 2. The molecule has 0 saturated heterocycles. The van der Waals surface area contributed by atoms with E-state index in [2.05, 4.69) is 25.9 Å². The van der Waals surface area contributed by atoms with E-state index in [0.29, 0.717) is 0 Å². The van der Waals surface area contributed by atoms with Crippen LogP contribution in [0, 0.1) is 10.1 Å². The van der Waals surface area contributed by atoms with Gasteiger partial charge in [-0.25, -0.2) is 9.97 Å². The largest absolute Gasteiger partial charge is 0.367 e. The van der Waals surface area contributed by atoms with E-state index in [1.165, 1.54) is 13.4 Å². The van der Waals surface area contributed by atoms with Crippen LogP contribution in [0.1, 0.15) is 20.8 Å². The Morgan fingerprint density at radius 1 is 1.30 bits per heavy atom. The molecule has 0 aliphatic carbocycles. The second-order valence-electron chi connectivity index (χ2n) is 4.46. The third-order valence-electron chi connectivity index (χ3n) is 2.42. The summed E-state index contributed by atoms with van der Waals surface area (Å²) in [5.74, 6) is -0.177. The molecule has 0 aliphatic heterocycles. The van der Waals surface area contributed by atoms with E-state index in [9.17, 15) is 14.9 Å². The van der Waals surface area contributed by atoms with Crippen molar-refractivity contribution in [3.8, 4) is 0 Å². The molecule has 0 spiro atoms. The molecular weight excluding hydrogens is 264 g/mol. The first kappa shape index (κ1) is 15.6. The van der Waals surface area contributed by atoms with Crippen molar-refractivity contribution in [2.45, 2.75) is 32.9 Å². The number of carbonyl (C=O) groups excluding carboxylic acids is 1. The maximum atomic E-state index is 11.8. The number of nitrogens with zero attached hydrogens (tertiary/aromatic N) is 3. The first-order valence-electron chi connectivity index (χ1n) is 6.10. The first-order valence-corrected chi connectivity index (χ1v) is 6.10. The second kappa shape index (κ2) is 6.64. The summed E-state index contributed by atoms with van der Waals surface area (Å²) in [6.45, 7) is 5.26. The summed E-state index contributed by atoms with van der Waals surface area (Å²) in [5.41, 5.74) is -0.292. The van der Waals surface area contributed by atoms with Crippen LogP contribution in [0.3, 0.4) is 0 Å². The molecule has 0 radical (unpaired) electrons. The number of nitrogens with one attached hydrogen (secondary N) is 3. The van der Waals surface area contributed by atoms with Gasteiger partial charge in [0, 0.05) is 13.1 Å². The molecule has 1 atom stereocenters. The Labute approximate surface area is 116 Å². The Bertz CT molecular complexity index is 505. The molecule has 9 heteroatoms. The molecule has 1 aromatic heterocycles. The van der Waals surface area contributed by atoms with E-state index in [1.54, 1.807) is 6.92 Å². The van der Waals surface area contributed by atoms with Gasteiger partial charge < -0.3 is 16.0 Å². The smallest absolute Gasteiger partial charge is 0.353 e. The van der Waals surface area contributed by atoms with Crippen LogP contribution in [0.2, 0.25) is 0 Å². The van der Waals surface area contributed by atoms with Gasteiger partial charge in [0.05, 0.1) is 4.92 Å². The molecule has 0 aromatic carbocycles. The van der Waals surface area contributed by atoms with Gasteiger partial charge in [-0.2, -0.15) is 0 Å². The lowest BCUT2D eigenvalue weighted by Gasteiger charge is -2.16. The Hall–Kier alpha value is -2.45. The van der Waals surface area contributed by atoms with Crippen LogP contribution in [0.4, 0.5) is 17.3 Å². The number of nitro groups is 1. The summed E-state index contributed by atoms with van der Waals surface area (Å²) < 4.78 is 0. The molecule has 0 fully saturated rings. The summed E-state index contributed by atoms with van der Waals surface area (Å²) in [7, 11) is 1.52. The number of amides is 1. The number of hydrogen-bond acceptors (Lipinski definition) is 7. The average Bonchev–Trinajstić information content (AvgIpc) is 2.37. The highest BCUT2D eigenvalue weighted by Crippen LogP contribution is 2.28. The lowest BCUT2D eigenvalue weighted by molar-refractivity contribution is -0.383. The van der Waals surface area contributed by atoms with Gasteiger partial charge in [-0.05, 0) is 20.8 Å². The average molecular weight is 282 g/mol. The molecule has 1 heterocycles. The monoisotopic (exact) mass is 282 g/mol. The lowest BCUT2D eigenvalue weighted by Crippen LogP contribution is -2.41. The van der Waals surface area contributed by atoms with Crippen molar-refractivity contribution in [2.24, 2.45) is 0 Å². The van der Waals surface area contributed by atoms with Crippen molar-refractivity contribution in [2.75, 3.05) is 17.7 Å². The Balaban J connectivity index is 2.97. The molecular formula is C11H18N6O3. The third kappa shape index (κ3) is 3.77. The summed E-state index contributed by atoms with van der Waals surface area (Å²) in [6.07, 6.45) is 1.19. The zero-order chi connectivity index (χ0) is 15.3. The van der Waals surface area contributed by atoms with Gasteiger partial charge >= 0.3 is 5.69 Å². The lowest BCUT2D eigenvalue weighted by atomic mass is 10.2. The zero-order valence-electron chi connectivity index (χ0n) is 11.8. The van der Waals surface area contributed by atoms with Crippen molar-refractivity contribution in [1.82, 2.24) is 15.3 Å². The van der Waals surface area contributed by atoms with Crippen LogP contribution in [-0.4, -0.2) is 39.9 Å². The van der Waals surface area contributed by atoms with Gasteiger partial charge in [-0.1, -0.05) is 0 Å². The van der Waals surface area contributed by atoms with Crippen molar-refractivity contribution in [3.05, 3.63) is 16.4 Å². The quantitative estimate of drug-likeness (QED) is 0.519. The molecule has 9 nitrogen and oxygen atoms in total. The Morgan fingerprint density at radius 2 is 1.90 bits per heavy atom. The fourth-order valence-electron chi connectivity index (χ4n) is 1.52. The first-order chi connectivity index (χ1) is 9.36. The molecule has 1 unspecified atom stereocenters. The SMILES string of the molecule is CNc1ncnc(NC(C)C(=O)NC(C)C)c1[N+](=O)[O-]. The molecule has 0 saturated carbocycles. The van der Waals surface area contributed by atoms with Gasteiger partial charge in [0.25, 0.3) is 0 Å². The maximum Gasteiger partial charge on any atom is 0.353 e. The summed E-state index contributed by atoms with van der Waals surface area (Å²) in [6, 6.07) is -0.671. The Morgan fingerprint density at radius 3 is 2.40 bits per heavy atom. The zero-order valence-corrected chi connectivity index (χ0v) is 11.8. The van der Waals surface area contributed by atoms with E-state index < -0.39 is 11.0 Å². The molecule has 1 amide bonds. The highest BCUT2D eigenvalue weighted by molar-refractivity contribution is 5.85. The molecule has 110 valence electrons. The fraction of sp³-hybridized carbons (Fsp3) is 0.545. The van der Waals surface area contributed by atoms with Crippen molar-refractivity contribution < 1.29 is 9.72 Å². The van der Waals surface area contributed by atoms with E-state index >= 15 is 0 Å². The van der Waals surface area contributed by atoms with Gasteiger partial charge in [0.2, 0.25) is 17.5 Å². The van der Waals surface area contributed by atoms with Crippen LogP contribution < -0.4 is 16.0 Å². The second-order valence-corrected chi connectivity index (χ2v) is 4.46. The van der Waals surface area contributed by atoms with Crippen LogP contribution >= 0.6 is 0 Å². The van der Waals surface area contributed by atoms with Gasteiger partial charge in [-0.15, -0.1) is 0 Å². The van der Waals surface area contributed by atoms with Crippen molar-refractivity contribution >= 4 is 23.2 Å². The molecule has 0 bridgehead atoms. The Kier molecular flexibility index (Phi) is 5.18. The number of aromatic nitrogens is 2. The van der Waals surface area contributed by atoms with Crippen LogP contribution in [0.25, 0.3) is 0 Å². The minimum absolute atomic E-state index is 0.000700. The molecule has 1 rings (SSSR count). The van der Waals surface area contributed by atoms with Crippen molar-refractivity contribution in [3.63, 3.8) is 0 Å². The van der Waals surface area contributed by atoms with Crippen LogP contribution in [-0.2, 0) is 4.79 Å². The maximum absolute atomic E-state index is 11.8. The van der Waals surface area contributed by atoms with Gasteiger partial charge in [0.1, 0.15) is 12.4 Å². The van der Waals surface area contributed by atoms with E-state index in [4.69, 9.17) is 0 Å².